The van der Waals surface area contributed by atoms with Crippen LogP contribution >= 0.6 is 0 Å². The normalized spacial score (nSPS) is 18.6. The summed E-state index contributed by atoms with van der Waals surface area (Å²) in [7, 11) is 3.93. The number of likely N-dealkylation sites (N-methyl/N-ethyl adjacent to an activating group) is 1. The molecule has 0 N–H and O–H groups in total. The maximum absolute atomic E-state index is 12.7. The first-order chi connectivity index (χ1) is 11.9. The van der Waals surface area contributed by atoms with Crippen molar-refractivity contribution >= 4 is 5.91 Å². The zero-order chi connectivity index (χ0) is 18.0. The lowest BCUT2D eigenvalue weighted by atomic mass is 10.0. The van der Waals surface area contributed by atoms with Gasteiger partial charge in [-0.25, -0.2) is 0 Å². The molecule has 1 aromatic heterocycles. The fourth-order valence-corrected chi connectivity index (χ4v) is 3.17. The number of ether oxygens (including phenoxy) is 1. The fourth-order valence-electron chi connectivity index (χ4n) is 3.17. The molecule has 0 aliphatic carbocycles. The quantitative estimate of drug-likeness (QED) is 0.856. The zero-order valence-electron chi connectivity index (χ0n) is 15.3. The molecule has 6 heteroatoms. The van der Waals surface area contributed by atoms with Crippen molar-refractivity contribution in [2.45, 2.75) is 26.0 Å². The van der Waals surface area contributed by atoms with Crippen LogP contribution in [0.25, 0.3) is 0 Å². The number of rotatable bonds is 4. The number of hydrogen-bond donors (Lipinski definition) is 0. The Bertz CT molecular complexity index is 723. The van der Waals surface area contributed by atoms with Gasteiger partial charge in [-0.1, -0.05) is 12.1 Å². The molecule has 3 rings (SSSR count). The van der Waals surface area contributed by atoms with Gasteiger partial charge in [0.05, 0.1) is 23.9 Å². The summed E-state index contributed by atoms with van der Waals surface area (Å²) in [6, 6.07) is 8.38. The molecule has 1 aliphatic heterocycles. The fraction of sp³-hybridized carbons (Fsp3) is 0.474. The molecule has 0 bridgehead atoms. The smallest absolute Gasteiger partial charge is 0.257 e. The van der Waals surface area contributed by atoms with Gasteiger partial charge in [-0.3, -0.25) is 14.4 Å². The monoisotopic (exact) mass is 342 g/mol. The predicted octanol–water partition coefficient (Wildman–Crippen LogP) is 2.34. The van der Waals surface area contributed by atoms with Gasteiger partial charge in [0.15, 0.2) is 0 Å². The molecule has 6 nitrogen and oxygen atoms in total. The van der Waals surface area contributed by atoms with Crippen molar-refractivity contribution in [2.24, 2.45) is 7.05 Å². The van der Waals surface area contributed by atoms with Crippen LogP contribution in [0, 0.1) is 0 Å². The van der Waals surface area contributed by atoms with E-state index in [2.05, 4.69) is 29.2 Å². The Balaban J connectivity index is 1.73. The maximum Gasteiger partial charge on any atom is 0.257 e. The molecule has 0 radical (unpaired) electrons. The van der Waals surface area contributed by atoms with Crippen LogP contribution in [-0.2, 0) is 7.05 Å². The zero-order valence-corrected chi connectivity index (χ0v) is 15.3. The number of amides is 1. The van der Waals surface area contributed by atoms with Crippen molar-refractivity contribution in [3.63, 3.8) is 0 Å². The summed E-state index contributed by atoms with van der Waals surface area (Å²) in [6.45, 7) is 6.29. The van der Waals surface area contributed by atoms with E-state index in [1.54, 1.807) is 17.1 Å². The summed E-state index contributed by atoms with van der Waals surface area (Å²) in [5.41, 5.74) is 1.84. The minimum Gasteiger partial charge on any atom is -0.491 e. The third-order valence-corrected chi connectivity index (χ3v) is 4.52. The highest BCUT2D eigenvalue weighted by molar-refractivity contribution is 5.93. The molecule has 25 heavy (non-hydrogen) atoms. The minimum atomic E-state index is 0.0472. The standard InChI is InChI=1S/C19H26N4O2/c1-14(2)25-17-7-5-15(6-8-17)18-13-23(10-9-21(18)3)19(24)16-11-20-22(4)12-16/h5-8,11-12,14,18H,9-10,13H2,1-4H3/t18-/m0/s1. The second-order valence-corrected chi connectivity index (χ2v) is 6.89. The number of aromatic nitrogens is 2. The predicted molar refractivity (Wildman–Crippen MR) is 96.7 cm³/mol. The van der Waals surface area contributed by atoms with E-state index in [-0.39, 0.29) is 18.1 Å². The Morgan fingerprint density at radius 1 is 1.20 bits per heavy atom. The van der Waals surface area contributed by atoms with Gasteiger partial charge in [0.1, 0.15) is 5.75 Å². The van der Waals surface area contributed by atoms with E-state index < -0.39 is 0 Å². The summed E-state index contributed by atoms with van der Waals surface area (Å²) in [4.78, 5) is 16.9. The van der Waals surface area contributed by atoms with Crippen LogP contribution in [0.5, 0.6) is 5.75 Å². The molecule has 2 heterocycles. The Kier molecular flexibility index (Phi) is 5.08. The number of benzene rings is 1. The van der Waals surface area contributed by atoms with E-state index in [1.165, 1.54) is 5.56 Å². The van der Waals surface area contributed by atoms with Crippen molar-refractivity contribution < 1.29 is 9.53 Å². The van der Waals surface area contributed by atoms with Crippen LogP contribution in [0.1, 0.15) is 35.8 Å². The van der Waals surface area contributed by atoms with Crippen LogP contribution in [0.4, 0.5) is 0 Å². The molecule has 134 valence electrons. The van der Waals surface area contributed by atoms with E-state index in [0.717, 1.165) is 18.8 Å². The lowest BCUT2D eigenvalue weighted by Crippen LogP contribution is -2.48. The Morgan fingerprint density at radius 2 is 1.92 bits per heavy atom. The summed E-state index contributed by atoms with van der Waals surface area (Å²) < 4.78 is 7.38. The molecule has 1 aromatic carbocycles. The van der Waals surface area contributed by atoms with E-state index in [4.69, 9.17) is 4.74 Å². The van der Waals surface area contributed by atoms with E-state index >= 15 is 0 Å². The van der Waals surface area contributed by atoms with E-state index in [9.17, 15) is 4.79 Å². The number of nitrogens with zero attached hydrogens (tertiary/aromatic N) is 4. The second kappa shape index (κ2) is 7.27. The number of carbonyl (C=O) groups is 1. The average molecular weight is 342 g/mol. The average Bonchev–Trinajstić information content (AvgIpc) is 3.01. The summed E-state index contributed by atoms with van der Waals surface area (Å²) in [5.74, 6) is 0.923. The van der Waals surface area contributed by atoms with Crippen molar-refractivity contribution in [3.05, 3.63) is 47.8 Å². The highest BCUT2D eigenvalue weighted by Crippen LogP contribution is 2.26. The number of hydrogen-bond acceptors (Lipinski definition) is 4. The topological polar surface area (TPSA) is 50.6 Å². The third kappa shape index (κ3) is 4.02. The molecule has 1 atom stereocenters. The molecule has 2 aromatic rings. The Hall–Kier alpha value is -2.34. The maximum atomic E-state index is 12.7. The van der Waals surface area contributed by atoms with Crippen LogP contribution in [0.15, 0.2) is 36.7 Å². The van der Waals surface area contributed by atoms with Crippen LogP contribution in [0.2, 0.25) is 0 Å². The third-order valence-electron chi connectivity index (χ3n) is 4.52. The van der Waals surface area contributed by atoms with Gasteiger partial charge < -0.3 is 9.64 Å². The molecule has 0 unspecified atom stereocenters. The van der Waals surface area contributed by atoms with Crippen LogP contribution in [-0.4, -0.2) is 58.3 Å². The molecule has 1 saturated heterocycles. The van der Waals surface area contributed by atoms with Gasteiger partial charge in [0.25, 0.3) is 5.91 Å². The largest absolute Gasteiger partial charge is 0.491 e. The first-order valence-corrected chi connectivity index (χ1v) is 8.69. The van der Waals surface area contributed by atoms with Crippen molar-refractivity contribution in [3.8, 4) is 5.75 Å². The molecule has 1 fully saturated rings. The van der Waals surface area contributed by atoms with E-state index in [0.29, 0.717) is 12.1 Å². The van der Waals surface area contributed by atoms with Crippen molar-refractivity contribution in [2.75, 3.05) is 26.7 Å². The lowest BCUT2D eigenvalue weighted by molar-refractivity contribution is 0.0546. The van der Waals surface area contributed by atoms with E-state index in [1.807, 2.05) is 37.9 Å². The molecule has 0 saturated carbocycles. The first kappa shape index (κ1) is 17.5. The van der Waals surface area contributed by atoms with Gasteiger partial charge in [0, 0.05) is 32.9 Å². The number of piperazine rings is 1. The lowest BCUT2D eigenvalue weighted by Gasteiger charge is -2.39. The molecule has 0 spiro atoms. The first-order valence-electron chi connectivity index (χ1n) is 8.69. The molecular weight excluding hydrogens is 316 g/mol. The molecular formula is C19H26N4O2. The Morgan fingerprint density at radius 3 is 2.52 bits per heavy atom. The second-order valence-electron chi connectivity index (χ2n) is 6.89. The van der Waals surface area contributed by atoms with Crippen LogP contribution < -0.4 is 4.74 Å². The summed E-state index contributed by atoms with van der Waals surface area (Å²) in [5, 5.41) is 4.10. The number of carbonyl (C=O) groups excluding carboxylic acids is 1. The number of aryl methyl sites for hydroxylation is 1. The van der Waals surface area contributed by atoms with Crippen molar-refractivity contribution in [1.29, 1.82) is 0 Å². The van der Waals surface area contributed by atoms with Crippen LogP contribution in [0.3, 0.4) is 0 Å². The highest BCUT2D eigenvalue weighted by Gasteiger charge is 2.29. The van der Waals surface area contributed by atoms with Gasteiger partial charge in [0.2, 0.25) is 0 Å². The van der Waals surface area contributed by atoms with Gasteiger partial charge in [-0.15, -0.1) is 0 Å². The summed E-state index contributed by atoms with van der Waals surface area (Å²) >= 11 is 0. The van der Waals surface area contributed by atoms with Gasteiger partial charge in [-0.05, 0) is 38.6 Å². The SMILES string of the molecule is CC(C)Oc1ccc([C@@H]2CN(C(=O)c3cnn(C)c3)CCN2C)cc1. The molecule has 1 aliphatic rings. The Labute approximate surface area is 149 Å². The van der Waals surface area contributed by atoms with Gasteiger partial charge >= 0.3 is 0 Å². The van der Waals surface area contributed by atoms with Crippen molar-refractivity contribution in [1.82, 2.24) is 19.6 Å². The minimum absolute atomic E-state index is 0.0472. The highest BCUT2D eigenvalue weighted by atomic mass is 16.5. The molecule has 1 amide bonds. The summed E-state index contributed by atoms with van der Waals surface area (Å²) in [6.07, 6.45) is 3.57. The van der Waals surface area contributed by atoms with Gasteiger partial charge in [-0.2, -0.15) is 5.10 Å².